The second-order valence-electron chi connectivity index (χ2n) is 5.22. The number of carbonyl (C=O) groups is 1. The van der Waals surface area contributed by atoms with Crippen LogP contribution in [-0.4, -0.2) is 36.5 Å². The molecule has 0 radical (unpaired) electrons. The van der Waals surface area contributed by atoms with Crippen LogP contribution in [0.3, 0.4) is 0 Å². The third-order valence-electron chi connectivity index (χ3n) is 3.47. The number of thioether (sulfide) groups is 1. The topological polar surface area (TPSA) is 64.4 Å². The van der Waals surface area contributed by atoms with Gasteiger partial charge in [0, 0.05) is 29.9 Å². The molecule has 1 atom stereocenters. The van der Waals surface area contributed by atoms with Crippen LogP contribution in [0.1, 0.15) is 19.8 Å². The maximum absolute atomic E-state index is 12.2. The fourth-order valence-corrected chi connectivity index (χ4v) is 3.09. The van der Waals surface area contributed by atoms with E-state index in [1.807, 2.05) is 18.2 Å². The van der Waals surface area contributed by atoms with Gasteiger partial charge in [-0.15, -0.1) is 11.8 Å². The van der Waals surface area contributed by atoms with Crippen LogP contribution in [-0.2, 0) is 9.53 Å². The maximum atomic E-state index is 12.2. The van der Waals surface area contributed by atoms with Crippen molar-refractivity contribution >= 4 is 17.7 Å². The zero-order valence-electron chi connectivity index (χ0n) is 11.8. The van der Waals surface area contributed by atoms with Gasteiger partial charge in [0.2, 0.25) is 5.91 Å². The van der Waals surface area contributed by atoms with Crippen LogP contribution >= 0.6 is 11.8 Å². The highest BCUT2D eigenvalue weighted by atomic mass is 32.2. The summed E-state index contributed by atoms with van der Waals surface area (Å²) in [7, 11) is 0. The van der Waals surface area contributed by atoms with E-state index in [0.29, 0.717) is 37.9 Å². The first-order valence-corrected chi connectivity index (χ1v) is 7.85. The van der Waals surface area contributed by atoms with Crippen LogP contribution in [0.5, 0.6) is 0 Å². The molecule has 0 spiro atoms. The molecule has 0 saturated carbocycles. The monoisotopic (exact) mass is 294 g/mol. The lowest BCUT2D eigenvalue weighted by Crippen LogP contribution is -2.57. The summed E-state index contributed by atoms with van der Waals surface area (Å²) >= 11 is 1.75. The molecule has 1 heterocycles. The molecule has 110 valence electrons. The Hall–Kier alpha value is -1.04. The maximum Gasteiger partial charge on any atom is 0.240 e. The number of benzene rings is 1. The van der Waals surface area contributed by atoms with Crippen LogP contribution < -0.4 is 11.1 Å². The van der Waals surface area contributed by atoms with Gasteiger partial charge in [0.15, 0.2) is 0 Å². The molecule has 0 aliphatic carbocycles. The molecule has 2 rings (SSSR count). The molecule has 5 heteroatoms. The summed E-state index contributed by atoms with van der Waals surface area (Å²) in [4.78, 5) is 13.4. The van der Waals surface area contributed by atoms with Crippen molar-refractivity contribution in [2.75, 3.05) is 19.8 Å². The van der Waals surface area contributed by atoms with E-state index in [1.54, 1.807) is 11.8 Å². The minimum atomic E-state index is -0.755. The van der Waals surface area contributed by atoms with Gasteiger partial charge >= 0.3 is 0 Å². The number of nitrogens with two attached hydrogens (primary N) is 1. The van der Waals surface area contributed by atoms with E-state index < -0.39 is 5.54 Å². The highest BCUT2D eigenvalue weighted by Crippen LogP contribution is 2.22. The van der Waals surface area contributed by atoms with Gasteiger partial charge in [-0.1, -0.05) is 25.1 Å². The minimum absolute atomic E-state index is 0.0543. The van der Waals surface area contributed by atoms with Gasteiger partial charge < -0.3 is 15.8 Å². The minimum Gasteiger partial charge on any atom is -0.381 e. The van der Waals surface area contributed by atoms with Gasteiger partial charge in [0.1, 0.15) is 0 Å². The van der Waals surface area contributed by atoms with Crippen LogP contribution in [0.2, 0.25) is 0 Å². The molecule has 1 fully saturated rings. The SMILES string of the molecule is CC(CNC(=O)C1(N)CCOCC1)Sc1ccccc1. The summed E-state index contributed by atoms with van der Waals surface area (Å²) in [6, 6.07) is 10.2. The zero-order chi connectivity index (χ0) is 14.4. The van der Waals surface area contributed by atoms with Gasteiger partial charge in [-0.05, 0) is 25.0 Å². The Morgan fingerprint density at radius 2 is 2.05 bits per heavy atom. The Morgan fingerprint density at radius 3 is 2.70 bits per heavy atom. The first-order chi connectivity index (χ1) is 9.60. The number of ether oxygens (including phenoxy) is 1. The van der Waals surface area contributed by atoms with E-state index >= 15 is 0 Å². The van der Waals surface area contributed by atoms with Gasteiger partial charge in [0.25, 0.3) is 0 Å². The second kappa shape index (κ2) is 7.11. The lowest BCUT2D eigenvalue weighted by molar-refractivity contribution is -0.129. The molecule has 1 aromatic carbocycles. The van der Waals surface area contributed by atoms with Gasteiger partial charge in [-0.2, -0.15) is 0 Å². The first-order valence-electron chi connectivity index (χ1n) is 6.97. The van der Waals surface area contributed by atoms with Crippen molar-refractivity contribution in [2.45, 2.75) is 35.4 Å². The molecule has 1 aliphatic rings. The number of hydrogen-bond donors (Lipinski definition) is 2. The Balaban J connectivity index is 1.78. The predicted molar refractivity (Wildman–Crippen MR) is 81.7 cm³/mol. The highest BCUT2D eigenvalue weighted by Gasteiger charge is 2.35. The molecule has 0 aromatic heterocycles. The molecule has 1 aromatic rings. The second-order valence-corrected chi connectivity index (χ2v) is 6.73. The molecule has 20 heavy (non-hydrogen) atoms. The van der Waals surface area contributed by atoms with Gasteiger partial charge in [-0.25, -0.2) is 0 Å². The van der Waals surface area contributed by atoms with Crippen molar-refractivity contribution < 1.29 is 9.53 Å². The van der Waals surface area contributed by atoms with Crippen molar-refractivity contribution in [1.29, 1.82) is 0 Å². The lowest BCUT2D eigenvalue weighted by atomic mass is 9.90. The number of amides is 1. The summed E-state index contributed by atoms with van der Waals surface area (Å²) < 4.78 is 5.26. The zero-order valence-corrected chi connectivity index (χ0v) is 12.6. The summed E-state index contributed by atoms with van der Waals surface area (Å²) in [5.41, 5.74) is 5.39. The normalized spacial score (nSPS) is 19.3. The first kappa shape index (κ1) is 15.4. The van der Waals surface area contributed by atoms with Crippen LogP contribution in [0, 0.1) is 0 Å². The van der Waals surface area contributed by atoms with Crippen LogP contribution in [0.15, 0.2) is 35.2 Å². The molecule has 1 unspecified atom stereocenters. The van der Waals surface area contributed by atoms with Crippen molar-refractivity contribution in [2.24, 2.45) is 5.73 Å². The van der Waals surface area contributed by atoms with E-state index in [4.69, 9.17) is 10.5 Å². The molecule has 1 aliphatic heterocycles. The smallest absolute Gasteiger partial charge is 0.240 e. The average Bonchev–Trinajstić information content (AvgIpc) is 2.46. The highest BCUT2D eigenvalue weighted by molar-refractivity contribution is 8.00. The third kappa shape index (κ3) is 4.23. The predicted octanol–water partition coefficient (Wildman–Crippen LogP) is 1.79. The summed E-state index contributed by atoms with van der Waals surface area (Å²) in [6.45, 7) is 3.86. The van der Waals surface area contributed by atoms with Crippen molar-refractivity contribution in [1.82, 2.24) is 5.32 Å². The number of hydrogen-bond acceptors (Lipinski definition) is 4. The Bertz CT molecular complexity index is 433. The molecule has 0 bridgehead atoms. The number of rotatable bonds is 5. The van der Waals surface area contributed by atoms with E-state index in [1.165, 1.54) is 4.90 Å². The fraction of sp³-hybridized carbons (Fsp3) is 0.533. The van der Waals surface area contributed by atoms with E-state index in [2.05, 4.69) is 24.4 Å². The van der Waals surface area contributed by atoms with Crippen LogP contribution in [0.25, 0.3) is 0 Å². The Kier molecular flexibility index (Phi) is 5.46. The van der Waals surface area contributed by atoms with E-state index in [0.717, 1.165) is 0 Å². The average molecular weight is 294 g/mol. The van der Waals surface area contributed by atoms with E-state index in [-0.39, 0.29) is 5.91 Å². The van der Waals surface area contributed by atoms with Crippen LogP contribution in [0.4, 0.5) is 0 Å². The van der Waals surface area contributed by atoms with Crippen molar-refractivity contribution in [3.05, 3.63) is 30.3 Å². The fourth-order valence-electron chi connectivity index (χ4n) is 2.15. The summed E-state index contributed by atoms with van der Waals surface area (Å²) in [5.74, 6) is -0.0543. The Morgan fingerprint density at radius 1 is 1.40 bits per heavy atom. The summed E-state index contributed by atoms with van der Waals surface area (Å²) in [6.07, 6.45) is 1.19. The van der Waals surface area contributed by atoms with Crippen molar-refractivity contribution in [3.63, 3.8) is 0 Å². The third-order valence-corrected chi connectivity index (χ3v) is 4.58. The number of carbonyl (C=O) groups excluding carboxylic acids is 1. The van der Waals surface area contributed by atoms with Crippen molar-refractivity contribution in [3.8, 4) is 0 Å². The Labute approximate surface area is 124 Å². The quantitative estimate of drug-likeness (QED) is 0.813. The molecule has 4 nitrogen and oxygen atoms in total. The molecule has 3 N–H and O–H groups in total. The lowest BCUT2D eigenvalue weighted by Gasteiger charge is -2.32. The molecule has 1 saturated heterocycles. The van der Waals surface area contributed by atoms with Gasteiger partial charge in [0.05, 0.1) is 5.54 Å². The number of nitrogens with one attached hydrogen (secondary N) is 1. The largest absolute Gasteiger partial charge is 0.381 e. The molecular weight excluding hydrogens is 272 g/mol. The summed E-state index contributed by atoms with van der Waals surface area (Å²) in [5, 5.41) is 3.28. The molecular formula is C15H22N2O2S. The standard InChI is InChI=1S/C15H22N2O2S/c1-12(20-13-5-3-2-4-6-13)11-17-14(18)15(16)7-9-19-10-8-15/h2-6,12H,7-11,16H2,1H3,(H,17,18). The molecule has 1 amide bonds. The van der Waals surface area contributed by atoms with E-state index in [9.17, 15) is 4.79 Å². The van der Waals surface area contributed by atoms with Gasteiger partial charge in [-0.3, -0.25) is 4.79 Å².